The lowest BCUT2D eigenvalue weighted by atomic mass is 10.1. The van der Waals surface area contributed by atoms with E-state index in [-0.39, 0.29) is 29.1 Å². The molecule has 3 aromatic carbocycles. The van der Waals surface area contributed by atoms with Crippen molar-refractivity contribution in [1.82, 2.24) is 10.2 Å². The molecule has 1 fully saturated rings. The van der Waals surface area contributed by atoms with Crippen molar-refractivity contribution in [3.05, 3.63) is 95.8 Å². The van der Waals surface area contributed by atoms with Crippen LogP contribution in [0.3, 0.4) is 0 Å². The molecular formula is C31H36FN3O4S. The molecule has 0 aromatic heterocycles. The van der Waals surface area contributed by atoms with E-state index < -0.39 is 34.3 Å². The topological polar surface area (TPSA) is 86.8 Å². The number of hydrogen-bond donors (Lipinski definition) is 1. The SMILES string of the molecule is Cc1ccc(S(=O)(=O)N(CC(=O)N(CCc2ccccc2)[C@H](C)C(=O)NC2CCCC2)c2ccccc2F)cc1. The molecule has 0 saturated heterocycles. The quantitative estimate of drug-likeness (QED) is 0.360. The summed E-state index contributed by atoms with van der Waals surface area (Å²) in [6.07, 6.45) is 4.35. The second-order valence-corrected chi connectivity index (χ2v) is 12.1. The second kappa shape index (κ2) is 13.1. The van der Waals surface area contributed by atoms with Crippen molar-refractivity contribution in [1.29, 1.82) is 0 Å². The van der Waals surface area contributed by atoms with Gasteiger partial charge in [-0.25, -0.2) is 12.8 Å². The molecule has 0 spiro atoms. The van der Waals surface area contributed by atoms with Gasteiger partial charge in [0.2, 0.25) is 11.8 Å². The van der Waals surface area contributed by atoms with E-state index in [9.17, 15) is 22.4 Å². The molecule has 1 atom stereocenters. The van der Waals surface area contributed by atoms with Crippen molar-refractivity contribution < 1.29 is 22.4 Å². The predicted molar refractivity (Wildman–Crippen MR) is 154 cm³/mol. The van der Waals surface area contributed by atoms with Gasteiger partial charge in [-0.3, -0.25) is 13.9 Å². The highest BCUT2D eigenvalue weighted by molar-refractivity contribution is 7.92. The molecule has 0 unspecified atom stereocenters. The van der Waals surface area contributed by atoms with Gasteiger partial charge in [0, 0.05) is 12.6 Å². The zero-order valence-electron chi connectivity index (χ0n) is 22.9. The average Bonchev–Trinajstić information content (AvgIpc) is 3.46. The van der Waals surface area contributed by atoms with Crippen LogP contribution in [-0.4, -0.2) is 50.3 Å². The highest BCUT2D eigenvalue weighted by atomic mass is 32.2. The first-order valence-electron chi connectivity index (χ1n) is 13.6. The van der Waals surface area contributed by atoms with Crippen LogP contribution in [0.2, 0.25) is 0 Å². The van der Waals surface area contributed by atoms with E-state index in [1.165, 1.54) is 35.2 Å². The monoisotopic (exact) mass is 565 g/mol. The molecule has 1 saturated carbocycles. The fourth-order valence-corrected chi connectivity index (χ4v) is 6.39. The highest BCUT2D eigenvalue weighted by Crippen LogP contribution is 2.27. The first-order chi connectivity index (χ1) is 19.2. The number of anilines is 1. The highest BCUT2D eigenvalue weighted by Gasteiger charge is 2.34. The minimum atomic E-state index is -4.31. The Bertz CT molecular complexity index is 1410. The Morgan fingerprint density at radius 3 is 2.23 bits per heavy atom. The van der Waals surface area contributed by atoms with Crippen molar-refractivity contribution in [2.24, 2.45) is 0 Å². The van der Waals surface area contributed by atoms with Crippen molar-refractivity contribution in [2.75, 3.05) is 17.4 Å². The van der Waals surface area contributed by atoms with Crippen LogP contribution in [0, 0.1) is 12.7 Å². The van der Waals surface area contributed by atoms with Gasteiger partial charge in [-0.15, -0.1) is 0 Å². The van der Waals surface area contributed by atoms with Gasteiger partial charge in [0.05, 0.1) is 10.6 Å². The third-order valence-corrected chi connectivity index (χ3v) is 9.14. The third kappa shape index (κ3) is 7.07. The zero-order chi connectivity index (χ0) is 28.7. The van der Waals surface area contributed by atoms with E-state index in [1.807, 2.05) is 37.3 Å². The molecule has 0 radical (unpaired) electrons. The number of nitrogens with one attached hydrogen (secondary N) is 1. The largest absolute Gasteiger partial charge is 0.352 e. The van der Waals surface area contributed by atoms with Crippen LogP contribution in [0.1, 0.15) is 43.7 Å². The number of carbonyl (C=O) groups excluding carboxylic acids is 2. The van der Waals surface area contributed by atoms with Crippen LogP contribution < -0.4 is 9.62 Å². The van der Waals surface area contributed by atoms with Gasteiger partial charge in [0.1, 0.15) is 18.4 Å². The first kappa shape index (κ1) is 29.3. The summed E-state index contributed by atoms with van der Waals surface area (Å²) in [5, 5.41) is 3.04. The molecule has 4 rings (SSSR count). The molecule has 0 bridgehead atoms. The van der Waals surface area contributed by atoms with Crippen LogP contribution >= 0.6 is 0 Å². The van der Waals surface area contributed by atoms with Crippen molar-refractivity contribution in [3.8, 4) is 0 Å². The molecule has 3 aromatic rings. The van der Waals surface area contributed by atoms with Crippen LogP contribution in [0.4, 0.5) is 10.1 Å². The number of amides is 2. The third-order valence-electron chi connectivity index (χ3n) is 7.36. The van der Waals surface area contributed by atoms with Crippen LogP contribution in [-0.2, 0) is 26.0 Å². The number of carbonyl (C=O) groups is 2. The average molecular weight is 566 g/mol. The number of nitrogens with zero attached hydrogens (tertiary/aromatic N) is 2. The fourth-order valence-electron chi connectivity index (χ4n) is 4.97. The minimum absolute atomic E-state index is 0.0583. The maximum atomic E-state index is 15.0. The van der Waals surface area contributed by atoms with Gasteiger partial charge in [0.25, 0.3) is 10.0 Å². The number of para-hydroxylation sites is 1. The first-order valence-corrected chi connectivity index (χ1v) is 15.1. The second-order valence-electron chi connectivity index (χ2n) is 10.3. The van der Waals surface area contributed by atoms with Crippen LogP contribution in [0.25, 0.3) is 0 Å². The summed E-state index contributed by atoms with van der Waals surface area (Å²) in [7, 11) is -4.31. The summed E-state index contributed by atoms with van der Waals surface area (Å²) in [5.41, 5.74) is 1.60. The summed E-state index contributed by atoms with van der Waals surface area (Å²) in [5.74, 6) is -1.65. The predicted octanol–water partition coefficient (Wildman–Crippen LogP) is 4.85. The van der Waals surface area contributed by atoms with Crippen LogP contribution in [0.15, 0.2) is 83.8 Å². The lowest BCUT2D eigenvalue weighted by molar-refractivity contribution is -0.139. The van der Waals surface area contributed by atoms with E-state index in [0.29, 0.717) is 6.42 Å². The smallest absolute Gasteiger partial charge is 0.264 e. The van der Waals surface area contributed by atoms with E-state index in [4.69, 9.17) is 0 Å². The zero-order valence-corrected chi connectivity index (χ0v) is 23.7. The standard InChI is InChI=1S/C31H36FN3O4S/c1-23-16-18-27(19-17-23)40(38,39)35(29-15-9-8-14-28(29)32)22-30(36)34(21-20-25-10-4-3-5-11-25)24(2)31(37)33-26-12-6-7-13-26/h3-5,8-11,14-19,24,26H,6-7,12-13,20-22H2,1-2H3,(H,33,37)/t24-/m1/s1. The molecule has 7 nitrogen and oxygen atoms in total. The van der Waals surface area contributed by atoms with Crippen molar-refractivity contribution >= 4 is 27.5 Å². The van der Waals surface area contributed by atoms with E-state index in [2.05, 4.69) is 5.32 Å². The molecule has 1 aliphatic carbocycles. The van der Waals surface area contributed by atoms with E-state index >= 15 is 0 Å². The van der Waals surface area contributed by atoms with E-state index in [0.717, 1.165) is 47.2 Å². The molecular weight excluding hydrogens is 529 g/mol. The number of sulfonamides is 1. The summed E-state index contributed by atoms with van der Waals surface area (Å²) in [4.78, 5) is 28.5. The van der Waals surface area contributed by atoms with Crippen LogP contribution in [0.5, 0.6) is 0 Å². The summed E-state index contributed by atoms with van der Waals surface area (Å²) in [6, 6.07) is 20.4. The number of benzene rings is 3. The van der Waals surface area contributed by atoms with Gasteiger partial charge >= 0.3 is 0 Å². The Hall–Kier alpha value is -3.72. The number of halogens is 1. The summed E-state index contributed by atoms with van der Waals surface area (Å²) >= 11 is 0. The van der Waals surface area contributed by atoms with Gasteiger partial charge in [0.15, 0.2) is 0 Å². The maximum Gasteiger partial charge on any atom is 0.264 e. The molecule has 0 aliphatic heterocycles. The summed E-state index contributed by atoms with van der Waals surface area (Å²) < 4.78 is 43.3. The molecule has 9 heteroatoms. The van der Waals surface area contributed by atoms with Crippen molar-refractivity contribution in [2.45, 2.75) is 62.9 Å². The minimum Gasteiger partial charge on any atom is -0.352 e. The molecule has 1 N–H and O–H groups in total. The molecule has 2 amide bonds. The number of rotatable bonds is 11. The Morgan fingerprint density at radius 1 is 0.950 bits per heavy atom. The lowest BCUT2D eigenvalue weighted by Gasteiger charge is -2.32. The Balaban J connectivity index is 1.65. The van der Waals surface area contributed by atoms with E-state index in [1.54, 1.807) is 19.1 Å². The molecule has 212 valence electrons. The fraction of sp³-hybridized carbons (Fsp3) is 0.355. The molecule has 1 aliphatic rings. The van der Waals surface area contributed by atoms with Gasteiger partial charge in [-0.2, -0.15) is 0 Å². The number of aryl methyl sites for hydroxylation is 1. The maximum absolute atomic E-state index is 15.0. The lowest BCUT2D eigenvalue weighted by Crippen LogP contribution is -2.53. The molecule has 40 heavy (non-hydrogen) atoms. The normalized spacial score (nSPS) is 14.5. The van der Waals surface area contributed by atoms with Crippen molar-refractivity contribution in [3.63, 3.8) is 0 Å². The Morgan fingerprint density at radius 2 is 1.57 bits per heavy atom. The summed E-state index contributed by atoms with van der Waals surface area (Å²) in [6.45, 7) is 3.01. The van der Waals surface area contributed by atoms with Gasteiger partial charge in [-0.05, 0) is 62.9 Å². The van der Waals surface area contributed by atoms with Gasteiger partial charge < -0.3 is 10.2 Å². The van der Waals surface area contributed by atoms with Gasteiger partial charge in [-0.1, -0.05) is 73.0 Å². The Labute approximate surface area is 236 Å². The Kier molecular flexibility index (Phi) is 9.58. The molecule has 0 heterocycles. The number of hydrogen-bond acceptors (Lipinski definition) is 4.